The van der Waals surface area contributed by atoms with Crippen molar-refractivity contribution < 1.29 is 24.2 Å². The lowest BCUT2D eigenvalue weighted by Gasteiger charge is -2.13. The van der Waals surface area contributed by atoms with Gasteiger partial charge >= 0.3 is 5.97 Å². The van der Waals surface area contributed by atoms with Gasteiger partial charge in [0.25, 0.3) is 5.91 Å². The van der Waals surface area contributed by atoms with Crippen LogP contribution in [-0.4, -0.2) is 43.3 Å². The van der Waals surface area contributed by atoms with Crippen molar-refractivity contribution in [2.45, 2.75) is 13.0 Å². The zero-order chi connectivity index (χ0) is 14.3. The lowest BCUT2D eigenvalue weighted by Crippen LogP contribution is -2.35. The fourth-order valence-electron chi connectivity index (χ4n) is 1.47. The van der Waals surface area contributed by atoms with Crippen LogP contribution in [0.3, 0.4) is 0 Å². The molecule has 0 heterocycles. The van der Waals surface area contributed by atoms with E-state index in [1.54, 1.807) is 25.3 Å². The monoisotopic (exact) mass is 267 g/mol. The second-order valence-corrected chi connectivity index (χ2v) is 4.04. The fourth-order valence-corrected chi connectivity index (χ4v) is 1.47. The normalized spacial score (nSPS) is 11.7. The highest BCUT2D eigenvalue weighted by Gasteiger charge is 2.10. The first-order valence-corrected chi connectivity index (χ1v) is 5.77. The number of carbonyl (C=O) groups excluding carboxylic acids is 1. The number of carbonyl (C=O) groups is 2. The Morgan fingerprint density at radius 3 is 2.79 bits per heavy atom. The summed E-state index contributed by atoms with van der Waals surface area (Å²) in [5.41, 5.74) is 0.408. The van der Waals surface area contributed by atoms with Gasteiger partial charge in [0.2, 0.25) is 0 Å². The molecule has 19 heavy (non-hydrogen) atoms. The molecule has 2 N–H and O–H groups in total. The van der Waals surface area contributed by atoms with Crippen molar-refractivity contribution in [3.63, 3.8) is 0 Å². The molecule has 0 saturated carbocycles. The third-order valence-corrected chi connectivity index (χ3v) is 2.25. The van der Waals surface area contributed by atoms with Gasteiger partial charge in [-0.3, -0.25) is 4.79 Å². The van der Waals surface area contributed by atoms with Crippen LogP contribution in [-0.2, 0) is 9.53 Å². The Hall–Kier alpha value is -2.08. The Morgan fingerprint density at radius 1 is 1.42 bits per heavy atom. The summed E-state index contributed by atoms with van der Waals surface area (Å²) < 4.78 is 9.93. The topological polar surface area (TPSA) is 84.9 Å². The number of rotatable bonds is 7. The summed E-state index contributed by atoms with van der Waals surface area (Å²) in [7, 11) is 1.56. The molecule has 0 aliphatic rings. The zero-order valence-corrected chi connectivity index (χ0v) is 10.9. The van der Waals surface area contributed by atoms with E-state index in [2.05, 4.69) is 5.32 Å². The molecular weight excluding hydrogens is 250 g/mol. The van der Waals surface area contributed by atoms with E-state index in [4.69, 9.17) is 14.6 Å². The summed E-state index contributed by atoms with van der Waals surface area (Å²) in [6.45, 7) is 1.80. The number of nitrogens with one attached hydrogen (secondary N) is 1. The molecule has 1 rings (SSSR count). The molecule has 0 fully saturated rings. The van der Waals surface area contributed by atoms with Crippen LogP contribution in [0.15, 0.2) is 24.3 Å². The molecule has 1 atom stereocenters. The average Bonchev–Trinajstić information content (AvgIpc) is 2.37. The van der Waals surface area contributed by atoms with Gasteiger partial charge in [-0.05, 0) is 25.1 Å². The summed E-state index contributed by atoms with van der Waals surface area (Å²) >= 11 is 0. The summed E-state index contributed by atoms with van der Waals surface area (Å²) in [6, 6.07) is 6.24. The molecule has 0 aliphatic carbocycles. The number of amides is 1. The van der Waals surface area contributed by atoms with Crippen molar-refractivity contribution in [2.75, 3.05) is 20.3 Å². The summed E-state index contributed by atoms with van der Waals surface area (Å²) in [4.78, 5) is 22.3. The summed E-state index contributed by atoms with van der Waals surface area (Å²) in [5, 5.41) is 11.3. The van der Waals surface area contributed by atoms with Gasteiger partial charge in [0.15, 0.2) is 6.61 Å². The second-order valence-electron chi connectivity index (χ2n) is 4.04. The SMILES string of the molecule is COC[C@@H](C)NC(=O)c1cccc(OCC(=O)O)c1. The number of carboxylic acid groups (broad SMARTS) is 1. The average molecular weight is 267 g/mol. The van der Waals surface area contributed by atoms with Crippen LogP contribution in [0.25, 0.3) is 0 Å². The number of methoxy groups -OCH3 is 1. The number of hydrogen-bond donors (Lipinski definition) is 2. The molecule has 104 valence electrons. The highest BCUT2D eigenvalue weighted by Crippen LogP contribution is 2.13. The lowest BCUT2D eigenvalue weighted by molar-refractivity contribution is -0.139. The molecule has 0 aliphatic heterocycles. The van der Waals surface area contributed by atoms with E-state index in [-0.39, 0.29) is 11.9 Å². The standard InChI is InChI=1S/C13H17NO5/c1-9(7-18-2)14-13(17)10-4-3-5-11(6-10)19-8-12(15)16/h3-6,9H,7-8H2,1-2H3,(H,14,17)(H,15,16)/t9-/m1/s1. The third-order valence-electron chi connectivity index (χ3n) is 2.25. The maximum absolute atomic E-state index is 11.9. The minimum Gasteiger partial charge on any atom is -0.482 e. The van der Waals surface area contributed by atoms with E-state index in [0.29, 0.717) is 17.9 Å². The van der Waals surface area contributed by atoms with Gasteiger partial charge < -0.3 is 19.9 Å². The van der Waals surface area contributed by atoms with Gasteiger partial charge in [-0.15, -0.1) is 0 Å². The van der Waals surface area contributed by atoms with Gasteiger partial charge in [-0.2, -0.15) is 0 Å². The van der Waals surface area contributed by atoms with Crippen LogP contribution in [0.4, 0.5) is 0 Å². The first-order valence-electron chi connectivity index (χ1n) is 5.77. The molecule has 6 heteroatoms. The number of carboxylic acids is 1. The lowest BCUT2D eigenvalue weighted by atomic mass is 10.2. The van der Waals surface area contributed by atoms with Crippen molar-refractivity contribution in [3.8, 4) is 5.75 Å². The van der Waals surface area contributed by atoms with Gasteiger partial charge in [0, 0.05) is 18.7 Å². The molecule has 0 radical (unpaired) electrons. The molecule has 0 spiro atoms. The fraction of sp³-hybridized carbons (Fsp3) is 0.385. The van der Waals surface area contributed by atoms with E-state index >= 15 is 0 Å². The first-order chi connectivity index (χ1) is 9.02. The van der Waals surface area contributed by atoms with Crippen molar-refractivity contribution in [1.82, 2.24) is 5.32 Å². The summed E-state index contributed by atoms with van der Waals surface area (Å²) in [5.74, 6) is -0.983. The minimum absolute atomic E-state index is 0.110. The number of benzene rings is 1. The second kappa shape index (κ2) is 7.38. The highest BCUT2D eigenvalue weighted by atomic mass is 16.5. The van der Waals surface area contributed by atoms with Gasteiger partial charge in [-0.25, -0.2) is 4.79 Å². The maximum Gasteiger partial charge on any atom is 0.341 e. The van der Waals surface area contributed by atoms with Gasteiger partial charge in [-0.1, -0.05) is 6.07 Å². The van der Waals surface area contributed by atoms with Crippen LogP contribution in [0.1, 0.15) is 17.3 Å². The molecule has 6 nitrogen and oxygen atoms in total. The van der Waals surface area contributed by atoms with Crippen LogP contribution in [0.2, 0.25) is 0 Å². The number of aliphatic carboxylic acids is 1. The maximum atomic E-state index is 11.9. The van der Waals surface area contributed by atoms with E-state index in [0.717, 1.165) is 0 Å². The van der Waals surface area contributed by atoms with E-state index in [1.165, 1.54) is 6.07 Å². The van der Waals surface area contributed by atoms with E-state index < -0.39 is 12.6 Å². The molecule has 0 unspecified atom stereocenters. The largest absolute Gasteiger partial charge is 0.482 e. The van der Waals surface area contributed by atoms with Gasteiger partial charge in [0.05, 0.1) is 6.61 Å². The molecule has 0 saturated heterocycles. The quantitative estimate of drug-likeness (QED) is 0.767. The molecule has 1 aromatic rings. The summed E-state index contributed by atoms with van der Waals surface area (Å²) in [6.07, 6.45) is 0. The molecule has 1 aromatic carbocycles. The molecule has 0 aromatic heterocycles. The first kappa shape index (κ1) is 15.0. The highest BCUT2D eigenvalue weighted by molar-refractivity contribution is 5.94. The van der Waals surface area contributed by atoms with Crippen molar-refractivity contribution in [3.05, 3.63) is 29.8 Å². The zero-order valence-electron chi connectivity index (χ0n) is 10.9. The molecule has 1 amide bonds. The van der Waals surface area contributed by atoms with Crippen molar-refractivity contribution in [2.24, 2.45) is 0 Å². The third kappa shape index (κ3) is 5.39. The van der Waals surface area contributed by atoms with Gasteiger partial charge in [0.1, 0.15) is 5.75 Å². The smallest absolute Gasteiger partial charge is 0.341 e. The Kier molecular flexibility index (Phi) is 5.81. The Bertz CT molecular complexity index is 446. The predicted octanol–water partition coefficient (Wildman–Crippen LogP) is 0.915. The van der Waals surface area contributed by atoms with E-state index in [9.17, 15) is 9.59 Å². The Balaban J connectivity index is 2.64. The van der Waals surface area contributed by atoms with Crippen LogP contribution >= 0.6 is 0 Å². The van der Waals surface area contributed by atoms with Crippen LogP contribution < -0.4 is 10.1 Å². The van der Waals surface area contributed by atoms with Crippen LogP contribution in [0, 0.1) is 0 Å². The van der Waals surface area contributed by atoms with E-state index in [1.807, 2.05) is 6.92 Å². The Morgan fingerprint density at radius 2 is 2.16 bits per heavy atom. The van der Waals surface area contributed by atoms with Crippen molar-refractivity contribution in [1.29, 1.82) is 0 Å². The minimum atomic E-state index is -1.07. The predicted molar refractivity (Wildman–Crippen MR) is 68.4 cm³/mol. The Labute approximate surface area is 111 Å². The van der Waals surface area contributed by atoms with Crippen LogP contribution in [0.5, 0.6) is 5.75 Å². The number of hydrogen-bond acceptors (Lipinski definition) is 4. The molecule has 0 bridgehead atoms. The molecular formula is C13H17NO5. The van der Waals surface area contributed by atoms with Crippen molar-refractivity contribution >= 4 is 11.9 Å². The number of ether oxygens (including phenoxy) is 2.